The van der Waals surface area contributed by atoms with Crippen molar-refractivity contribution < 1.29 is 29.3 Å². The average molecular weight is 590 g/mol. The van der Waals surface area contributed by atoms with Gasteiger partial charge in [-0.25, -0.2) is 0 Å². The lowest BCUT2D eigenvalue weighted by molar-refractivity contribution is -0.268. The van der Waals surface area contributed by atoms with Crippen LogP contribution in [0.15, 0.2) is 84.0 Å². The number of nitrogens with one attached hydrogen (secondary N) is 1. The number of aromatic nitrogens is 4. The molecule has 1 aliphatic rings. The van der Waals surface area contributed by atoms with Crippen molar-refractivity contribution in [3.05, 3.63) is 95.6 Å². The van der Waals surface area contributed by atoms with Gasteiger partial charge in [0.05, 0.1) is 30.9 Å². The zero-order chi connectivity index (χ0) is 29.5. The molecule has 1 aliphatic heterocycles. The number of hydrogen-bond donors (Lipinski definition) is 3. The highest BCUT2D eigenvalue weighted by molar-refractivity contribution is 7.99. The van der Waals surface area contributed by atoms with E-state index in [1.807, 2.05) is 66.7 Å². The van der Waals surface area contributed by atoms with E-state index in [4.69, 9.17) is 14.6 Å². The van der Waals surface area contributed by atoms with E-state index in [0.29, 0.717) is 16.6 Å². The number of aliphatic hydroxyl groups excluding tert-OH is 1. The predicted octanol–water partition coefficient (Wildman–Crippen LogP) is 4.54. The molecule has 0 spiro atoms. The topological polar surface area (TPSA) is 149 Å². The van der Waals surface area contributed by atoms with Crippen LogP contribution in [-0.2, 0) is 25.7 Å². The summed E-state index contributed by atoms with van der Waals surface area (Å²) in [7, 11) is 0. The quantitative estimate of drug-likeness (QED) is 0.213. The fourth-order valence-electron chi connectivity index (χ4n) is 4.63. The van der Waals surface area contributed by atoms with Gasteiger partial charge in [0.2, 0.25) is 11.1 Å². The van der Waals surface area contributed by atoms with Gasteiger partial charge in [0.25, 0.3) is 0 Å². The van der Waals surface area contributed by atoms with Crippen molar-refractivity contribution in [2.75, 3.05) is 11.1 Å². The van der Waals surface area contributed by atoms with E-state index in [2.05, 4.69) is 27.8 Å². The maximum absolute atomic E-state index is 12.1. The highest BCUT2D eigenvalue weighted by Crippen LogP contribution is 2.43. The van der Waals surface area contributed by atoms with Crippen LogP contribution >= 0.6 is 11.8 Å². The van der Waals surface area contributed by atoms with Crippen LogP contribution in [0.25, 0.3) is 5.69 Å². The number of carboxylic acids is 1. The molecule has 42 heavy (non-hydrogen) atoms. The van der Waals surface area contributed by atoms with Crippen molar-refractivity contribution in [2.24, 2.45) is 5.92 Å². The van der Waals surface area contributed by atoms with Crippen molar-refractivity contribution in [2.45, 2.75) is 50.0 Å². The number of thioether (sulfide) groups is 1. The molecule has 5 rings (SSSR count). The minimum absolute atomic E-state index is 0.0254. The van der Waals surface area contributed by atoms with Crippen molar-refractivity contribution in [1.29, 1.82) is 0 Å². The number of aliphatic hydroxyl groups is 1. The summed E-state index contributed by atoms with van der Waals surface area (Å²) in [5.74, 6) is -0.851. The highest BCUT2D eigenvalue weighted by atomic mass is 32.2. The first-order chi connectivity index (χ1) is 20.4. The maximum atomic E-state index is 12.1. The van der Waals surface area contributed by atoms with E-state index < -0.39 is 12.3 Å². The number of para-hydroxylation sites is 1. The Labute approximate surface area is 246 Å². The number of carbonyl (C=O) groups is 2. The Morgan fingerprint density at radius 1 is 0.952 bits per heavy atom. The predicted molar refractivity (Wildman–Crippen MR) is 155 cm³/mol. The lowest BCUT2D eigenvalue weighted by Crippen LogP contribution is -2.38. The van der Waals surface area contributed by atoms with Gasteiger partial charge in [0.1, 0.15) is 0 Å². The second-order valence-corrected chi connectivity index (χ2v) is 10.9. The van der Waals surface area contributed by atoms with Crippen LogP contribution in [0, 0.1) is 5.92 Å². The molecular weight excluding hydrogens is 558 g/mol. The Kier molecular flexibility index (Phi) is 9.59. The average Bonchev–Trinajstić information content (AvgIpc) is 3.49. The monoisotopic (exact) mass is 589 g/mol. The number of nitrogens with zero attached hydrogens (tertiary/aromatic N) is 4. The Bertz CT molecular complexity index is 1480. The summed E-state index contributed by atoms with van der Waals surface area (Å²) in [5, 5.41) is 33.9. The standard InChI is InChI=1S/C30H31N5O6S/c1-19-25(18-42-30-32-33-34-35(30)24-5-3-2-4-6-24)40-29(41-28(19)21-9-7-20(17-36)8-10-21)22-11-13-23(14-12-22)31-26(37)15-16-27(38)39/h2-14,19,25,28-29,36H,15-18H2,1H3,(H,31,37)(H,38,39). The Morgan fingerprint density at radius 2 is 1.67 bits per heavy atom. The lowest BCUT2D eigenvalue weighted by Gasteiger charge is -2.41. The highest BCUT2D eigenvalue weighted by Gasteiger charge is 2.38. The summed E-state index contributed by atoms with van der Waals surface area (Å²) < 4.78 is 14.7. The first kappa shape index (κ1) is 29.4. The van der Waals surface area contributed by atoms with E-state index in [1.165, 1.54) is 11.8 Å². The molecule has 2 heterocycles. The maximum Gasteiger partial charge on any atom is 0.303 e. The molecule has 1 fully saturated rings. The van der Waals surface area contributed by atoms with Gasteiger partial charge in [-0.15, -0.1) is 5.10 Å². The molecule has 4 unspecified atom stereocenters. The number of tetrazole rings is 1. The molecule has 3 N–H and O–H groups in total. The molecule has 4 atom stereocenters. The van der Waals surface area contributed by atoms with E-state index in [-0.39, 0.29) is 43.5 Å². The van der Waals surface area contributed by atoms with Gasteiger partial charge in [0.15, 0.2) is 6.29 Å². The number of carboxylic acid groups (broad SMARTS) is 1. The van der Waals surface area contributed by atoms with Gasteiger partial charge in [-0.2, -0.15) is 4.68 Å². The smallest absolute Gasteiger partial charge is 0.303 e. The fourth-order valence-corrected chi connectivity index (χ4v) is 5.69. The van der Waals surface area contributed by atoms with Gasteiger partial charge in [-0.05, 0) is 45.8 Å². The number of rotatable bonds is 11. The second kappa shape index (κ2) is 13.7. The largest absolute Gasteiger partial charge is 0.481 e. The summed E-state index contributed by atoms with van der Waals surface area (Å²) in [6.07, 6.45) is -1.54. The van der Waals surface area contributed by atoms with Crippen LogP contribution in [0.4, 0.5) is 5.69 Å². The molecule has 0 radical (unpaired) electrons. The number of amides is 1. The van der Waals surface area contributed by atoms with E-state index in [0.717, 1.165) is 22.4 Å². The fraction of sp³-hybridized carbons (Fsp3) is 0.300. The molecule has 4 aromatic rings. The van der Waals surface area contributed by atoms with Gasteiger partial charge in [-0.1, -0.05) is 73.3 Å². The molecule has 0 bridgehead atoms. The Morgan fingerprint density at radius 3 is 2.36 bits per heavy atom. The van der Waals surface area contributed by atoms with Crippen molar-refractivity contribution in [1.82, 2.24) is 20.2 Å². The summed E-state index contributed by atoms with van der Waals surface area (Å²) in [5.41, 5.74) is 3.97. The molecule has 0 saturated carbocycles. The van der Waals surface area contributed by atoms with Crippen LogP contribution in [0.3, 0.4) is 0 Å². The van der Waals surface area contributed by atoms with Gasteiger partial charge in [-0.3, -0.25) is 9.59 Å². The number of hydrogen-bond acceptors (Lipinski definition) is 9. The third kappa shape index (κ3) is 7.21. The SMILES string of the molecule is CC1C(CSc2nnnn2-c2ccccc2)OC(c2ccc(NC(=O)CCC(=O)O)cc2)OC1c1ccc(CO)cc1. The van der Waals surface area contributed by atoms with Gasteiger partial charge >= 0.3 is 5.97 Å². The molecule has 218 valence electrons. The zero-order valence-corrected chi connectivity index (χ0v) is 23.7. The van der Waals surface area contributed by atoms with Crippen molar-refractivity contribution >= 4 is 29.3 Å². The first-order valence-corrected chi connectivity index (χ1v) is 14.5. The summed E-state index contributed by atoms with van der Waals surface area (Å²) >= 11 is 1.50. The Balaban J connectivity index is 1.34. The summed E-state index contributed by atoms with van der Waals surface area (Å²) in [6, 6.07) is 24.5. The number of benzene rings is 3. The number of anilines is 1. The number of ether oxygens (including phenoxy) is 2. The number of carbonyl (C=O) groups excluding carboxylic acids is 1. The third-order valence-corrected chi connectivity index (χ3v) is 7.98. The number of aliphatic carboxylic acids is 1. The molecular formula is C30H31N5O6S. The van der Waals surface area contributed by atoms with E-state index in [1.54, 1.807) is 16.8 Å². The van der Waals surface area contributed by atoms with Gasteiger partial charge in [0, 0.05) is 29.3 Å². The molecule has 12 heteroatoms. The second-order valence-electron chi connectivity index (χ2n) is 9.91. The lowest BCUT2D eigenvalue weighted by atomic mass is 9.91. The van der Waals surface area contributed by atoms with Crippen LogP contribution in [0.2, 0.25) is 0 Å². The minimum atomic E-state index is -1.02. The van der Waals surface area contributed by atoms with Crippen LogP contribution in [0.1, 0.15) is 48.8 Å². The molecule has 0 aliphatic carbocycles. The van der Waals surface area contributed by atoms with Gasteiger partial charge < -0.3 is 25.0 Å². The molecule has 1 amide bonds. The van der Waals surface area contributed by atoms with Crippen molar-refractivity contribution in [3.63, 3.8) is 0 Å². The van der Waals surface area contributed by atoms with E-state index in [9.17, 15) is 14.7 Å². The molecule has 1 saturated heterocycles. The van der Waals surface area contributed by atoms with Crippen LogP contribution in [0.5, 0.6) is 0 Å². The summed E-state index contributed by atoms with van der Waals surface area (Å²) in [6.45, 7) is 2.05. The minimum Gasteiger partial charge on any atom is -0.481 e. The normalized spacial score (nSPS) is 20.2. The molecule has 1 aromatic heterocycles. The Hall–Kier alpha value is -4.10. The van der Waals surface area contributed by atoms with E-state index >= 15 is 0 Å². The molecule has 11 nitrogen and oxygen atoms in total. The van der Waals surface area contributed by atoms with Crippen LogP contribution < -0.4 is 5.32 Å². The van der Waals surface area contributed by atoms with Crippen molar-refractivity contribution in [3.8, 4) is 5.69 Å². The summed E-state index contributed by atoms with van der Waals surface area (Å²) in [4.78, 5) is 22.8. The zero-order valence-electron chi connectivity index (χ0n) is 22.9. The molecule has 3 aromatic carbocycles. The first-order valence-electron chi connectivity index (χ1n) is 13.5. The third-order valence-electron chi connectivity index (χ3n) is 6.97. The van der Waals surface area contributed by atoms with Crippen LogP contribution in [-0.4, -0.2) is 54.2 Å².